The van der Waals surface area contributed by atoms with Crippen LogP contribution in [0.2, 0.25) is 0 Å². The number of hydrogen-bond donors (Lipinski definition) is 2. The molecule has 1 amide bonds. The van der Waals surface area contributed by atoms with Crippen LogP contribution < -0.4 is 5.32 Å². The number of halogens is 2. The van der Waals surface area contributed by atoms with Gasteiger partial charge in [-0.3, -0.25) is 4.79 Å². The van der Waals surface area contributed by atoms with Crippen LogP contribution in [0.15, 0.2) is 22.7 Å². The third-order valence-electron chi connectivity index (χ3n) is 2.24. The zero-order valence-corrected chi connectivity index (χ0v) is 11.1. The first-order valence-corrected chi connectivity index (χ1v) is 6.17. The molecule has 5 heteroatoms. The van der Waals surface area contributed by atoms with Crippen molar-refractivity contribution in [3.05, 3.63) is 34.1 Å². The van der Waals surface area contributed by atoms with Crippen molar-refractivity contribution >= 4 is 21.8 Å². The van der Waals surface area contributed by atoms with Crippen LogP contribution in [0.3, 0.4) is 0 Å². The highest BCUT2D eigenvalue weighted by molar-refractivity contribution is 9.10. The second-order valence-corrected chi connectivity index (χ2v) is 4.75. The van der Waals surface area contributed by atoms with Gasteiger partial charge >= 0.3 is 0 Å². The predicted molar refractivity (Wildman–Crippen MR) is 67.1 cm³/mol. The molecule has 2 N–H and O–H groups in total. The van der Waals surface area contributed by atoms with Gasteiger partial charge in [-0.25, -0.2) is 4.39 Å². The average molecular weight is 304 g/mol. The first kappa shape index (κ1) is 14.1. The maximum Gasteiger partial charge on any atom is 0.224 e. The predicted octanol–water partition coefficient (Wildman–Crippen LogP) is 2.02. The lowest BCUT2D eigenvalue weighted by Gasteiger charge is -2.08. The lowest BCUT2D eigenvalue weighted by molar-refractivity contribution is -0.120. The zero-order chi connectivity index (χ0) is 12.8. The molecule has 1 aromatic rings. The summed E-state index contributed by atoms with van der Waals surface area (Å²) < 4.78 is 13.7. The van der Waals surface area contributed by atoms with Crippen molar-refractivity contribution in [2.24, 2.45) is 0 Å². The lowest BCUT2D eigenvalue weighted by atomic mass is 10.1. The van der Waals surface area contributed by atoms with E-state index in [2.05, 4.69) is 21.2 Å². The summed E-state index contributed by atoms with van der Waals surface area (Å²) in [6.45, 7) is 2.08. The molecular weight excluding hydrogens is 289 g/mol. The molecule has 94 valence electrons. The van der Waals surface area contributed by atoms with Gasteiger partial charge in [0.2, 0.25) is 5.91 Å². The summed E-state index contributed by atoms with van der Waals surface area (Å²) in [4.78, 5) is 11.5. The van der Waals surface area contributed by atoms with Crippen LogP contribution in [0.5, 0.6) is 0 Å². The largest absolute Gasteiger partial charge is 0.393 e. The Morgan fingerprint density at radius 3 is 2.94 bits per heavy atom. The van der Waals surface area contributed by atoms with Gasteiger partial charge in [-0.1, -0.05) is 15.9 Å². The van der Waals surface area contributed by atoms with E-state index in [1.807, 2.05) is 0 Å². The van der Waals surface area contributed by atoms with Gasteiger partial charge in [-0.05, 0) is 37.1 Å². The fourth-order valence-electron chi connectivity index (χ4n) is 1.33. The van der Waals surface area contributed by atoms with E-state index >= 15 is 0 Å². The highest BCUT2D eigenvalue weighted by atomic mass is 79.9. The summed E-state index contributed by atoms with van der Waals surface area (Å²) in [7, 11) is 0. The summed E-state index contributed by atoms with van der Waals surface area (Å²) >= 11 is 3.26. The number of nitrogens with one attached hydrogen (secondary N) is 1. The zero-order valence-electron chi connectivity index (χ0n) is 9.54. The molecule has 0 saturated heterocycles. The number of aliphatic hydroxyl groups is 1. The van der Waals surface area contributed by atoms with Gasteiger partial charge in [0.1, 0.15) is 5.82 Å². The SMILES string of the molecule is CC(O)CCNC(=O)Cc1cc(F)ccc1Br. The third kappa shape index (κ3) is 5.28. The van der Waals surface area contributed by atoms with Crippen molar-refractivity contribution in [3.63, 3.8) is 0 Å². The number of carbonyl (C=O) groups excluding carboxylic acids is 1. The van der Waals surface area contributed by atoms with Crippen molar-refractivity contribution in [2.75, 3.05) is 6.54 Å². The van der Waals surface area contributed by atoms with Gasteiger partial charge in [0.15, 0.2) is 0 Å². The Hall–Kier alpha value is -0.940. The fraction of sp³-hybridized carbons (Fsp3) is 0.417. The van der Waals surface area contributed by atoms with E-state index in [4.69, 9.17) is 5.11 Å². The normalized spacial score (nSPS) is 12.2. The van der Waals surface area contributed by atoms with E-state index in [0.29, 0.717) is 23.0 Å². The molecule has 1 aromatic carbocycles. The Balaban J connectivity index is 2.47. The number of amides is 1. The van der Waals surface area contributed by atoms with E-state index in [1.54, 1.807) is 13.0 Å². The smallest absolute Gasteiger partial charge is 0.224 e. The summed E-state index contributed by atoms with van der Waals surface area (Å²) in [5, 5.41) is 11.7. The molecule has 17 heavy (non-hydrogen) atoms. The molecule has 0 fully saturated rings. The number of rotatable bonds is 5. The Bertz CT molecular complexity index is 396. The van der Waals surface area contributed by atoms with Gasteiger partial charge < -0.3 is 10.4 Å². The molecule has 3 nitrogen and oxygen atoms in total. The Morgan fingerprint density at radius 2 is 2.29 bits per heavy atom. The molecule has 0 spiro atoms. The number of carbonyl (C=O) groups is 1. The molecule has 0 bridgehead atoms. The lowest BCUT2D eigenvalue weighted by Crippen LogP contribution is -2.28. The van der Waals surface area contributed by atoms with Gasteiger partial charge in [0.05, 0.1) is 12.5 Å². The highest BCUT2D eigenvalue weighted by Crippen LogP contribution is 2.18. The quantitative estimate of drug-likeness (QED) is 0.874. The minimum atomic E-state index is -0.434. The van der Waals surface area contributed by atoms with Crippen LogP contribution in [-0.4, -0.2) is 23.7 Å². The topological polar surface area (TPSA) is 49.3 Å². The summed E-state index contributed by atoms with van der Waals surface area (Å²) in [6.07, 6.45) is 0.199. The summed E-state index contributed by atoms with van der Waals surface area (Å²) in [6, 6.07) is 4.24. The molecule has 0 saturated carbocycles. The summed E-state index contributed by atoms with van der Waals surface area (Å²) in [5.74, 6) is -0.545. The number of benzene rings is 1. The molecule has 0 radical (unpaired) electrons. The van der Waals surface area contributed by atoms with Crippen molar-refractivity contribution < 1.29 is 14.3 Å². The van der Waals surface area contributed by atoms with Crippen LogP contribution in [0.1, 0.15) is 18.9 Å². The van der Waals surface area contributed by atoms with E-state index in [1.165, 1.54) is 12.1 Å². The van der Waals surface area contributed by atoms with E-state index in [0.717, 1.165) is 0 Å². The maximum atomic E-state index is 13.0. The second-order valence-electron chi connectivity index (χ2n) is 3.90. The molecule has 0 aliphatic carbocycles. The molecule has 0 aliphatic heterocycles. The minimum Gasteiger partial charge on any atom is -0.393 e. The van der Waals surface area contributed by atoms with Crippen LogP contribution in [0.4, 0.5) is 4.39 Å². The van der Waals surface area contributed by atoms with Crippen molar-refractivity contribution in [1.29, 1.82) is 0 Å². The van der Waals surface area contributed by atoms with Gasteiger partial charge in [0, 0.05) is 11.0 Å². The van der Waals surface area contributed by atoms with Gasteiger partial charge in [0.25, 0.3) is 0 Å². The first-order valence-electron chi connectivity index (χ1n) is 5.37. The van der Waals surface area contributed by atoms with Gasteiger partial charge in [-0.2, -0.15) is 0 Å². The number of aliphatic hydroxyl groups excluding tert-OH is 1. The van der Waals surface area contributed by atoms with Crippen molar-refractivity contribution in [3.8, 4) is 0 Å². The molecule has 1 unspecified atom stereocenters. The Labute approximate surface area is 108 Å². The summed E-state index contributed by atoms with van der Waals surface area (Å²) in [5.41, 5.74) is 0.611. The monoisotopic (exact) mass is 303 g/mol. The van der Waals surface area contributed by atoms with E-state index < -0.39 is 6.10 Å². The van der Waals surface area contributed by atoms with Crippen LogP contribution in [0, 0.1) is 5.82 Å². The Kier molecular flexibility index (Phi) is 5.58. The van der Waals surface area contributed by atoms with Crippen LogP contribution in [-0.2, 0) is 11.2 Å². The standard InChI is InChI=1S/C12H15BrFNO2/c1-8(16)4-5-15-12(17)7-9-6-10(14)2-3-11(9)13/h2-3,6,8,16H,4-5,7H2,1H3,(H,15,17). The molecular formula is C12H15BrFNO2. The van der Waals surface area contributed by atoms with E-state index in [-0.39, 0.29) is 18.1 Å². The van der Waals surface area contributed by atoms with Crippen LogP contribution >= 0.6 is 15.9 Å². The Morgan fingerprint density at radius 1 is 1.59 bits per heavy atom. The second kappa shape index (κ2) is 6.71. The molecule has 0 aromatic heterocycles. The minimum absolute atomic E-state index is 0.123. The maximum absolute atomic E-state index is 13.0. The van der Waals surface area contributed by atoms with Crippen LogP contribution in [0.25, 0.3) is 0 Å². The molecule has 1 rings (SSSR count). The number of hydrogen-bond acceptors (Lipinski definition) is 2. The third-order valence-corrected chi connectivity index (χ3v) is 3.02. The average Bonchev–Trinajstić information content (AvgIpc) is 2.23. The highest BCUT2D eigenvalue weighted by Gasteiger charge is 2.08. The fourth-order valence-corrected chi connectivity index (χ4v) is 1.72. The van der Waals surface area contributed by atoms with Crippen molar-refractivity contribution in [1.82, 2.24) is 5.32 Å². The molecule has 0 aliphatic rings. The first-order chi connectivity index (χ1) is 7.99. The molecule has 1 atom stereocenters. The van der Waals surface area contributed by atoms with E-state index in [9.17, 15) is 9.18 Å². The van der Waals surface area contributed by atoms with Crippen molar-refractivity contribution in [2.45, 2.75) is 25.9 Å². The van der Waals surface area contributed by atoms with Gasteiger partial charge in [-0.15, -0.1) is 0 Å². The molecule has 0 heterocycles.